The molecule has 124 valence electrons. The van der Waals surface area contributed by atoms with E-state index < -0.39 is 0 Å². The van der Waals surface area contributed by atoms with Crippen molar-refractivity contribution in [3.63, 3.8) is 0 Å². The Morgan fingerprint density at radius 2 is 2.13 bits per heavy atom. The van der Waals surface area contributed by atoms with Crippen molar-refractivity contribution in [3.05, 3.63) is 28.8 Å². The minimum atomic E-state index is -0.259. The fourth-order valence-corrected chi connectivity index (χ4v) is 4.94. The largest absolute Gasteiger partial charge is 0.325 e. The summed E-state index contributed by atoms with van der Waals surface area (Å²) in [7, 11) is 0. The van der Waals surface area contributed by atoms with E-state index in [1.54, 1.807) is 11.8 Å². The van der Waals surface area contributed by atoms with Gasteiger partial charge in [0.2, 0.25) is 5.91 Å². The second kappa shape index (κ2) is 8.92. The average molecular weight is 388 g/mol. The van der Waals surface area contributed by atoms with Crippen molar-refractivity contribution in [1.82, 2.24) is 10.2 Å². The summed E-state index contributed by atoms with van der Waals surface area (Å²) in [6.45, 7) is 5.88. The predicted molar refractivity (Wildman–Crippen MR) is 101 cm³/mol. The lowest BCUT2D eigenvalue weighted by molar-refractivity contribution is -0.115. The molecule has 1 atom stereocenters. The van der Waals surface area contributed by atoms with Crippen LogP contribution in [0.3, 0.4) is 0 Å². The van der Waals surface area contributed by atoms with Crippen LogP contribution < -0.4 is 5.32 Å². The molecule has 0 saturated heterocycles. The van der Waals surface area contributed by atoms with E-state index in [1.165, 1.54) is 23.1 Å². The van der Waals surface area contributed by atoms with E-state index in [9.17, 15) is 4.79 Å². The Morgan fingerprint density at radius 1 is 1.39 bits per heavy atom. The van der Waals surface area contributed by atoms with E-state index in [0.29, 0.717) is 5.02 Å². The monoisotopic (exact) mass is 387 g/mol. The van der Waals surface area contributed by atoms with Crippen LogP contribution in [0.1, 0.15) is 25.8 Å². The molecule has 1 N–H and O–H groups in total. The van der Waals surface area contributed by atoms with Crippen LogP contribution in [0.25, 0.3) is 0 Å². The van der Waals surface area contributed by atoms with Crippen molar-refractivity contribution in [2.45, 2.75) is 41.1 Å². The molecule has 0 radical (unpaired) electrons. The van der Waals surface area contributed by atoms with Gasteiger partial charge in [-0.1, -0.05) is 59.5 Å². The lowest BCUT2D eigenvalue weighted by atomic mass is 10.2. The number of halogens is 1. The third-order valence-corrected chi connectivity index (χ3v) is 6.85. The zero-order valence-corrected chi connectivity index (χ0v) is 16.3. The number of amides is 1. The van der Waals surface area contributed by atoms with Crippen molar-refractivity contribution in [1.29, 1.82) is 0 Å². The number of carbonyl (C=O) groups is 1. The summed E-state index contributed by atoms with van der Waals surface area (Å²) < 4.78 is 1.77. The van der Waals surface area contributed by atoms with Gasteiger partial charge < -0.3 is 5.32 Å². The van der Waals surface area contributed by atoms with E-state index in [2.05, 4.69) is 22.4 Å². The number of nitrogens with zero attached hydrogens (tertiary/aromatic N) is 2. The summed E-state index contributed by atoms with van der Waals surface area (Å²) in [6.07, 6.45) is 1.10. The van der Waals surface area contributed by atoms with E-state index >= 15 is 0 Å². The normalized spacial score (nSPS) is 12.2. The fourth-order valence-electron chi connectivity index (χ4n) is 1.67. The van der Waals surface area contributed by atoms with Gasteiger partial charge in [-0.2, -0.15) is 0 Å². The van der Waals surface area contributed by atoms with Gasteiger partial charge in [-0.25, -0.2) is 0 Å². The molecule has 1 aromatic carbocycles. The molecule has 2 rings (SSSR count). The second-order valence-electron chi connectivity index (χ2n) is 4.84. The molecule has 1 aromatic heterocycles. The van der Waals surface area contributed by atoms with Crippen LogP contribution in [0, 0.1) is 6.92 Å². The lowest BCUT2D eigenvalue weighted by Gasteiger charge is -2.12. The standard InChI is InChI=1S/C15H18ClN3OS3/c1-4-8-21-14-18-19-15(23-14)22-10(3)13(20)17-12-7-5-6-11(16)9(12)2/h5-7,10H,4,8H2,1-3H3,(H,17,20)/t10-/m0/s1. The van der Waals surface area contributed by atoms with Crippen molar-refractivity contribution >= 4 is 58.1 Å². The Hall–Kier alpha value is -0.760. The number of anilines is 1. The second-order valence-corrected chi connectivity index (χ2v) is 9.16. The Bertz CT molecular complexity index is 678. The summed E-state index contributed by atoms with van der Waals surface area (Å²) in [5.41, 5.74) is 1.61. The van der Waals surface area contributed by atoms with Crippen molar-refractivity contribution < 1.29 is 4.79 Å². The van der Waals surface area contributed by atoms with Gasteiger partial charge >= 0.3 is 0 Å². The highest BCUT2D eigenvalue weighted by atomic mass is 35.5. The topological polar surface area (TPSA) is 54.9 Å². The zero-order valence-electron chi connectivity index (χ0n) is 13.1. The molecule has 8 heteroatoms. The Labute approximate surface area is 153 Å². The van der Waals surface area contributed by atoms with E-state index in [-0.39, 0.29) is 11.2 Å². The molecule has 0 spiro atoms. The Balaban J connectivity index is 1.94. The molecule has 0 fully saturated rings. The number of thioether (sulfide) groups is 2. The molecule has 2 aromatic rings. The molecule has 1 amide bonds. The van der Waals surface area contributed by atoms with Crippen LogP contribution in [0.15, 0.2) is 26.9 Å². The first-order valence-corrected chi connectivity index (χ1v) is 10.3. The minimum absolute atomic E-state index is 0.0710. The average Bonchev–Trinajstić information content (AvgIpc) is 2.97. The van der Waals surface area contributed by atoms with E-state index in [1.807, 2.05) is 32.0 Å². The highest BCUT2D eigenvalue weighted by molar-refractivity contribution is 8.03. The molecular formula is C15H18ClN3OS3. The molecular weight excluding hydrogens is 370 g/mol. The van der Waals surface area contributed by atoms with E-state index in [0.717, 1.165) is 32.1 Å². The van der Waals surface area contributed by atoms with Gasteiger partial charge in [0.25, 0.3) is 0 Å². The number of rotatable bonds is 7. The van der Waals surface area contributed by atoms with Crippen LogP contribution in [-0.4, -0.2) is 27.1 Å². The molecule has 0 aliphatic rings. The van der Waals surface area contributed by atoms with Crippen LogP contribution in [0.4, 0.5) is 5.69 Å². The Kier molecular flexibility index (Phi) is 7.20. The molecule has 23 heavy (non-hydrogen) atoms. The third kappa shape index (κ3) is 5.38. The van der Waals surface area contributed by atoms with Crippen LogP contribution in [0.5, 0.6) is 0 Å². The van der Waals surface area contributed by atoms with Gasteiger partial charge in [0, 0.05) is 16.5 Å². The molecule has 0 unspecified atom stereocenters. The van der Waals surface area contributed by atoms with Gasteiger partial charge in [-0.3, -0.25) is 4.79 Å². The summed E-state index contributed by atoms with van der Waals surface area (Å²) in [5.74, 6) is 0.960. The summed E-state index contributed by atoms with van der Waals surface area (Å²) in [4.78, 5) is 12.3. The van der Waals surface area contributed by atoms with Gasteiger partial charge in [-0.05, 0) is 38.0 Å². The maximum absolute atomic E-state index is 12.3. The van der Waals surface area contributed by atoms with Crippen molar-refractivity contribution in [3.8, 4) is 0 Å². The minimum Gasteiger partial charge on any atom is -0.325 e. The molecule has 0 bridgehead atoms. The predicted octanol–water partition coefficient (Wildman–Crippen LogP) is 5.12. The lowest BCUT2D eigenvalue weighted by Crippen LogP contribution is -2.22. The molecule has 0 aliphatic carbocycles. The maximum atomic E-state index is 12.3. The molecule has 1 heterocycles. The van der Waals surface area contributed by atoms with E-state index in [4.69, 9.17) is 11.6 Å². The highest BCUT2D eigenvalue weighted by Gasteiger charge is 2.18. The number of hydrogen-bond donors (Lipinski definition) is 1. The van der Waals surface area contributed by atoms with Crippen molar-refractivity contribution in [2.24, 2.45) is 0 Å². The summed E-state index contributed by atoms with van der Waals surface area (Å²) in [5, 5.41) is 11.6. The zero-order chi connectivity index (χ0) is 16.8. The summed E-state index contributed by atoms with van der Waals surface area (Å²) in [6, 6.07) is 5.48. The fraction of sp³-hybridized carbons (Fsp3) is 0.400. The van der Waals surface area contributed by atoms with Gasteiger partial charge in [0.1, 0.15) is 0 Å². The first-order chi connectivity index (χ1) is 11.0. The third-order valence-electron chi connectivity index (χ3n) is 2.99. The van der Waals surface area contributed by atoms with Gasteiger partial charge in [-0.15, -0.1) is 10.2 Å². The van der Waals surface area contributed by atoms with Gasteiger partial charge in [0.05, 0.1) is 5.25 Å². The van der Waals surface area contributed by atoms with Crippen LogP contribution in [-0.2, 0) is 4.79 Å². The maximum Gasteiger partial charge on any atom is 0.237 e. The molecule has 0 saturated carbocycles. The number of benzene rings is 1. The molecule has 4 nitrogen and oxygen atoms in total. The first kappa shape index (κ1) is 18.6. The SMILES string of the molecule is CCCSc1nnc(S[C@@H](C)C(=O)Nc2cccc(Cl)c2C)s1. The first-order valence-electron chi connectivity index (χ1n) is 7.20. The number of aromatic nitrogens is 2. The number of nitrogens with one attached hydrogen (secondary N) is 1. The molecule has 0 aliphatic heterocycles. The summed E-state index contributed by atoms with van der Waals surface area (Å²) >= 11 is 10.7. The smallest absolute Gasteiger partial charge is 0.237 e. The van der Waals surface area contributed by atoms with Crippen LogP contribution >= 0.6 is 46.5 Å². The number of carbonyl (C=O) groups excluding carboxylic acids is 1. The van der Waals surface area contributed by atoms with Crippen molar-refractivity contribution in [2.75, 3.05) is 11.1 Å². The highest BCUT2D eigenvalue weighted by Crippen LogP contribution is 2.32. The van der Waals surface area contributed by atoms with Gasteiger partial charge in [0.15, 0.2) is 8.68 Å². The number of hydrogen-bond acceptors (Lipinski definition) is 6. The Morgan fingerprint density at radius 3 is 2.87 bits per heavy atom. The van der Waals surface area contributed by atoms with Crippen LogP contribution in [0.2, 0.25) is 5.02 Å². The quantitative estimate of drug-likeness (QED) is 0.668.